The van der Waals surface area contributed by atoms with E-state index < -0.39 is 0 Å². The molecular formula is C22H19N5S. The molecule has 3 heterocycles. The van der Waals surface area contributed by atoms with E-state index in [0.29, 0.717) is 0 Å². The van der Waals surface area contributed by atoms with Crippen LogP contribution in [0.15, 0.2) is 78.2 Å². The van der Waals surface area contributed by atoms with Gasteiger partial charge in [0.05, 0.1) is 11.3 Å². The van der Waals surface area contributed by atoms with Gasteiger partial charge in [-0.2, -0.15) is 0 Å². The molecular weight excluding hydrogens is 366 g/mol. The van der Waals surface area contributed by atoms with E-state index in [0.717, 1.165) is 34.4 Å². The van der Waals surface area contributed by atoms with Crippen LogP contribution in [-0.2, 0) is 12.3 Å². The van der Waals surface area contributed by atoms with E-state index in [1.165, 1.54) is 16.5 Å². The van der Waals surface area contributed by atoms with Crippen LogP contribution in [0.4, 0.5) is 0 Å². The summed E-state index contributed by atoms with van der Waals surface area (Å²) in [4.78, 5) is 4.55. The molecule has 2 aromatic carbocycles. The molecule has 0 N–H and O–H groups in total. The summed E-state index contributed by atoms with van der Waals surface area (Å²) in [6.45, 7) is 2.93. The standard InChI is InChI=1S/C22H19N5S/c1-16-13-20-24-25-22(27(20)19-10-6-5-9-18(16)19)28-15-21-23-11-12-26(21)14-17-7-3-2-4-8-17/h2-13H,14-15H2,1H3. The van der Waals surface area contributed by atoms with Crippen LogP contribution in [0.3, 0.4) is 0 Å². The second-order valence-electron chi connectivity index (χ2n) is 6.77. The first kappa shape index (κ1) is 17.0. The molecule has 0 fully saturated rings. The zero-order valence-corrected chi connectivity index (χ0v) is 16.3. The Morgan fingerprint density at radius 1 is 0.964 bits per heavy atom. The lowest BCUT2D eigenvalue weighted by molar-refractivity contribution is 0.755. The molecule has 5 nitrogen and oxygen atoms in total. The van der Waals surface area contributed by atoms with Crippen molar-refractivity contribution in [3.05, 3.63) is 90.0 Å². The minimum atomic E-state index is 0.739. The second kappa shape index (κ2) is 7.13. The average Bonchev–Trinajstić information content (AvgIpc) is 3.34. The molecule has 0 aliphatic carbocycles. The number of hydrogen-bond acceptors (Lipinski definition) is 4. The third kappa shape index (κ3) is 3.05. The zero-order chi connectivity index (χ0) is 18.9. The molecule has 6 heteroatoms. The van der Waals surface area contributed by atoms with Crippen LogP contribution in [0.5, 0.6) is 0 Å². The lowest BCUT2D eigenvalue weighted by atomic mass is 10.1. The first-order valence-corrected chi connectivity index (χ1v) is 10.2. The van der Waals surface area contributed by atoms with Crippen LogP contribution >= 0.6 is 11.8 Å². The zero-order valence-electron chi connectivity index (χ0n) is 15.5. The number of rotatable bonds is 5. The summed E-state index contributed by atoms with van der Waals surface area (Å²) in [7, 11) is 0. The summed E-state index contributed by atoms with van der Waals surface area (Å²) in [6.07, 6.45) is 3.89. The van der Waals surface area contributed by atoms with E-state index in [-0.39, 0.29) is 0 Å². The van der Waals surface area contributed by atoms with E-state index in [9.17, 15) is 0 Å². The largest absolute Gasteiger partial charge is 0.330 e. The fourth-order valence-electron chi connectivity index (χ4n) is 3.50. The number of nitrogens with zero attached hydrogens (tertiary/aromatic N) is 5. The summed E-state index contributed by atoms with van der Waals surface area (Å²) >= 11 is 1.67. The Bertz CT molecular complexity index is 1260. The lowest BCUT2D eigenvalue weighted by Crippen LogP contribution is -2.03. The topological polar surface area (TPSA) is 48.0 Å². The number of thioether (sulfide) groups is 1. The summed E-state index contributed by atoms with van der Waals surface area (Å²) in [5, 5.41) is 10.9. The molecule has 0 aliphatic heterocycles. The second-order valence-corrected chi connectivity index (χ2v) is 7.71. The Balaban J connectivity index is 1.45. The molecule has 28 heavy (non-hydrogen) atoms. The molecule has 0 radical (unpaired) electrons. The van der Waals surface area contributed by atoms with Crippen molar-refractivity contribution in [3.8, 4) is 0 Å². The molecule has 0 spiro atoms. The molecule has 0 bridgehead atoms. The van der Waals surface area contributed by atoms with Gasteiger partial charge in [0.2, 0.25) is 0 Å². The van der Waals surface area contributed by atoms with Crippen LogP contribution in [0, 0.1) is 6.92 Å². The Morgan fingerprint density at radius 3 is 2.68 bits per heavy atom. The number of imidazole rings is 1. The van der Waals surface area contributed by atoms with E-state index >= 15 is 0 Å². The van der Waals surface area contributed by atoms with Crippen LogP contribution in [0.2, 0.25) is 0 Å². The number of fused-ring (bicyclic) bond motifs is 3. The molecule has 5 rings (SSSR count). The Labute approximate surface area is 167 Å². The van der Waals surface area contributed by atoms with Gasteiger partial charge in [-0.1, -0.05) is 60.3 Å². The highest BCUT2D eigenvalue weighted by molar-refractivity contribution is 7.98. The maximum atomic E-state index is 4.55. The summed E-state index contributed by atoms with van der Waals surface area (Å²) in [5.74, 6) is 1.77. The minimum Gasteiger partial charge on any atom is -0.330 e. The number of benzene rings is 2. The number of pyridine rings is 1. The summed E-state index contributed by atoms with van der Waals surface area (Å²) < 4.78 is 4.32. The fourth-order valence-corrected chi connectivity index (χ4v) is 4.42. The fraction of sp³-hybridized carbons (Fsp3) is 0.136. The molecule has 0 unspecified atom stereocenters. The highest BCUT2D eigenvalue weighted by Gasteiger charge is 2.13. The van der Waals surface area contributed by atoms with Crippen LogP contribution in [0.25, 0.3) is 16.6 Å². The highest BCUT2D eigenvalue weighted by Crippen LogP contribution is 2.27. The highest BCUT2D eigenvalue weighted by atomic mass is 32.2. The van der Waals surface area contributed by atoms with Gasteiger partial charge in [-0.25, -0.2) is 4.98 Å². The van der Waals surface area contributed by atoms with E-state index in [1.807, 2.05) is 18.5 Å². The van der Waals surface area contributed by atoms with Gasteiger partial charge in [0.25, 0.3) is 0 Å². The molecule has 0 atom stereocenters. The van der Waals surface area contributed by atoms with Crippen molar-refractivity contribution < 1.29 is 0 Å². The predicted molar refractivity (Wildman–Crippen MR) is 113 cm³/mol. The first-order chi connectivity index (χ1) is 13.8. The van der Waals surface area contributed by atoms with Crippen LogP contribution < -0.4 is 0 Å². The summed E-state index contributed by atoms with van der Waals surface area (Å²) in [5.41, 5.74) is 4.50. The van der Waals surface area contributed by atoms with Gasteiger partial charge < -0.3 is 4.57 Å². The predicted octanol–water partition coefficient (Wildman–Crippen LogP) is 4.73. The van der Waals surface area contributed by atoms with Gasteiger partial charge in [-0.05, 0) is 30.2 Å². The molecule has 0 saturated carbocycles. The van der Waals surface area contributed by atoms with Crippen molar-refractivity contribution in [2.45, 2.75) is 24.4 Å². The lowest BCUT2D eigenvalue weighted by Gasteiger charge is -2.09. The third-order valence-corrected chi connectivity index (χ3v) is 5.83. The monoisotopic (exact) mass is 385 g/mol. The van der Waals surface area contributed by atoms with E-state index in [1.54, 1.807) is 11.8 Å². The molecule has 3 aromatic heterocycles. The molecule has 138 valence electrons. The number of aryl methyl sites for hydroxylation is 1. The van der Waals surface area contributed by atoms with Crippen molar-refractivity contribution in [3.63, 3.8) is 0 Å². The smallest absolute Gasteiger partial charge is 0.196 e. The van der Waals surface area contributed by atoms with Gasteiger partial charge >= 0.3 is 0 Å². The SMILES string of the molecule is Cc1cc2nnc(SCc3nccn3Cc3ccccc3)n2c2ccccc12. The van der Waals surface area contributed by atoms with Crippen molar-refractivity contribution in [1.82, 2.24) is 24.1 Å². The van der Waals surface area contributed by atoms with Crippen molar-refractivity contribution in [2.75, 3.05) is 0 Å². The average molecular weight is 385 g/mol. The Hall–Kier alpha value is -3.12. The summed E-state index contributed by atoms with van der Waals surface area (Å²) in [6, 6.07) is 20.9. The number of aromatic nitrogens is 5. The first-order valence-electron chi connectivity index (χ1n) is 9.20. The normalized spacial score (nSPS) is 11.5. The number of hydrogen-bond donors (Lipinski definition) is 0. The van der Waals surface area contributed by atoms with Crippen LogP contribution in [-0.4, -0.2) is 24.1 Å². The van der Waals surface area contributed by atoms with Gasteiger partial charge in [0.1, 0.15) is 5.82 Å². The quantitative estimate of drug-likeness (QED) is 0.411. The Morgan fingerprint density at radius 2 is 1.79 bits per heavy atom. The number of para-hydroxylation sites is 1. The van der Waals surface area contributed by atoms with E-state index in [4.69, 9.17) is 0 Å². The van der Waals surface area contributed by atoms with Gasteiger partial charge in [-0.15, -0.1) is 10.2 Å². The van der Waals surface area contributed by atoms with Gasteiger partial charge in [0, 0.05) is 24.3 Å². The maximum Gasteiger partial charge on any atom is 0.196 e. The van der Waals surface area contributed by atoms with Crippen molar-refractivity contribution in [2.24, 2.45) is 0 Å². The molecule has 0 aliphatic rings. The molecule has 0 amide bonds. The maximum absolute atomic E-state index is 4.55. The Kier molecular flexibility index (Phi) is 4.33. The van der Waals surface area contributed by atoms with Crippen LogP contribution in [0.1, 0.15) is 17.0 Å². The van der Waals surface area contributed by atoms with Crippen molar-refractivity contribution in [1.29, 1.82) is 0 Å². The van der Waals surface area contributed by atoms with Gasteiger partial charge in [0.15, 0.2) is 10.8 Å². The van der Waals surface area contributed by atoms with Crippen molar-refractivity contribution >= 4 is 28.3 Å². The third-order valence-electron chi connectivity index (χ3n) is 4.90. The molecule has 0 saturated heterocycles. The van der Waals surface area contributed by atoms with Gasteiger partial charge in [-0.3, -0.25) is 4.40 Å². The van der Waals surface area contributed by atoms with E-state index in [2.05, 4.69) is 85.7 Å². The minimum absolute atomic E-state index is 0.739. The molecule has 5 aromatic rings.